The average molecular weight is 232 g/mol. The minimum Gasteiger partial charge on any atom is -0.338 e. The van der Waals surface area contributed by atoms with Crippen LogP contribution >= 0.6 is 0 Å². The van der Waals surface area contributed by atoms with Gasteiger partial charge >= 0.3 is 0 Å². The molecule has 0 heterocycles. The Kier molecular flexibility index (Phi) is 5.43. The standard InChI is InChI=1S/C14H20N2O/c1-4-10-15-11-14(17)16(3)12(2)13-8-6-5-7-9-13/h4-9,12,15H,1,10-11H2,2-3H3. The van der Waals surface area contributed by atoms with Gasteiger partial charge in [-0.2, -0.15) is 0 Å². The van der Waals surface area contributed by atoms with Crippen LogP contribution in [0.5, 0.6) is 0 Å². The number of carbonyl (C=O) groups excluding carboxylic acids is 1. The number of carbonyl (C=O) groups is 1. The predicted molar refractivity (Wildman–Crippen MR) is 70.7 cm³/mol. The average Bonchev–Trinajstić information content (AvgIpc) is 2.38. The van der Waals surface area contributed by atoms with Crippen LogP contribution < -0.4 is 5.32 Å². The summed E-state index contributed by atoms with van der Waals surface area (Å²) >= 11 is 0. The number of hydrogen-bond acceptors (Lipinski definition) is 2. The smallest absolute Gasteiger partial charge is 0.236 e. The second-order valence-electron chi connectivity index (χ2n) is 4.01. The van der Waals surface area contributed by atoms with E-state index in [4.69, 9.17) is 0 Å². The number of rotatable bonds is 6. The molecule has 0 bridgehead atoms. The summed E-state index contributed by atoms with van der Waals surface area (Å²) in [7, 11) is 1.83. The van der Waals surface area contributed by atoms with Gasteiger partial charge in [0, 0.05) is 13.6 Å². The molecule has 0 fully saturated rings. The van der Waals surface area contributed by atoms with Crippen molar-refractivity contribution in [3.05, 3.63) is 48.6 Å². The van der Waals surface area contributed by atoms with Crippen LogP contribution in [0.2, 0.25) is 0 Å². The Balaban J connectivity index is 2.54. The maximum Gasteiger partial charge on any atom is 0.236 e. The molecule has 3 nitrogen and oxygen atoms in total. The highest BCUT2D eigenvalue weighted by Gasteiger charge is 2.16. The van der Waals surface area contributed by atoms with Crippen molar-refractivity contribution in [1.82, 2.24) is 10.2 Å². The SMILES string of the molecule is C=CCNCC(=O)N(C)C(C)c1ccccc1. The molecule has 1 aromatic rings. The van der Waals surface area contributed by atoms with E-state index in [1.54, 1.807) is 11.0 Å². The molecule has 0 saturated carbocycles. The second-order valence-corrected chi connectivity index (χ2v) is 4.01. The summed E-state index contributed by atoms with van der Waals surface area (Å²) in [5.41, 5.74) is 1.15. The van der Waals surface area contributed by atoms with Crippen LogP contribution in [-0.4, -0.2) is 30.9 Å². The molecule has 0 aliphatic carbocycles. The van der Waals surface area contributed by atoms with E-state index in [2.05, 4.69) is 11.9 Å². The lowest BCUT2D eigenvalue weighted by Crippen LogP contribution is -2.37. The molecule has 0 radical (unpaired) electrons. The zero-order chi connectivity index (χ0) is 12.7. The normalized spacial score (nSPS) is 11.9. The van der Waals surface area contributed by atoms with Gasteiger partial charge in [-0.05, 0) is 12.5 Å². The summed E-state index contributed by atoms with van der Waals surface area (Å²) in [5, 5.41) is 3.01. The fourth-order valence-corrected chi connectivity index (χ4v) is 1.58. The summed E-state index contributed by atoms with van der Waals surface area (Å²) in [4.78, 5) is 13.6. The summed E-state index contributed by atoms with van der Waals surface area (Å²) in [6.45, 7) is 6.63. The molecule has 1 atom stereocenters. The number of amides is 1. The fraction of sp³-hybridized carbons (Fsp3) is 0.357. The highest BCUT2D eigenvalue weighted by molar-refractivity contribution is 5.78. The zero-order valence-electron chi connectivity index (χ0n) is 10.5. The molecule has 0 aliphatic heterocycles. The van der Waals surface area contributed by atoms with E-state index >= 15 is 0 Å². The van der Waals surface area contributed by atoms with Crippen LogP contribution in [0, 0.1) is 0 Å². The number of nitrogens with zero attached hydrogens (tertiary/aromatic N) is 1. The van der Waals surface area contributed by atoms with Gasteiger partial charge in [0.2, 0.25) is 5.91 Å². The Labute approximate surface area is 103 Å². The topological polar surface area (TPSA) is 32.3 Å². The summed E-state index contributed by atoms with van der Waals surface area (Å²) in [5.74, 6) is 0.0863. The molecular formula is C14H20N2O. The third kappa shape index (κ3) is 4.04. The van der Waals surface area contributed by atoms with Crippen molar-refractivity contribution in [3.8, 4) is 0 Å². The van der Waals surface area contributed by atoms with E-state index in [9.17, 15) is 4.79 Å². The van der Waals surface area contributed by atoms with Gasteiger partial charge in [-0.15, -0.1) is 6.58 Å². The Morgan fingerprint density at radius 3 is 2.71 bits per heavy atom. The summed E-state index contributed by atoms with van der Waals surface area (Å²) in [6.07, 6.45) is 1.74. The van der Waals surface area contributed by atoms with Crippen molar-refractivity contribution in [1.29, 1.82) is 0 Å². The molecule has 0 aromatic heterocycles. The predicted octanol–water partition coefficient (Wildman–Crippen LogP) is 1.98. The molecule has 3 heteroatoms. The molecule has 17 heavy (non-hydrogen) atoms. The first-order chi connectivity index (χ1) is 8.16. The summed E-state index contributed by atoms with van der Waals surface area (Å²) in [6, 6.07) is 10.1. The largest absolute Gasteiger partial charge is 0.338 e. The first kappa shape index (κ1) is 13.5. The molecule has 0 aliphatic rings. The van der Waals surface area contributed by atoms with Crippen LogP contribution in [0.25, 0.3) is 0 Å². The van der Waals surface area contributed by atoms with E-state index < -0.39 is 0 Å². The molecule has 1 unspecified atom stereocenters. The molecule has 0 spiro atoms. The third-order valence-electron chi connectivity index (χ3n) is 2.82. The van der Waals surface area contributed by atoms with Gasteiger partial charge < -0.3 is 10.2 Å². The van der Waals surface area contributed by atoms with Crippen LogP contribution in [0.15, 0.2) is 43.0 Å². The van der Waals surface area contributed by atoms with E-state index in [0.717, 1.165) is 5.56 Å². The van der Waals surface area contributed by atoms with E-state index in [-0.39, 0.29) is 11.9 Å². The lowest BCUT2D eigenvalue weighted by molar-refractivity contribution is -0.130. The van der Waals surface area contributed by atoms with Crippen molar-refractivity contribution in [2.45, 2.75) is 13.0 Å². The first-order valence-corrected chi connectivity index (χ1v) is 5.79. The van der Waals surface area contributed by atoms with E-state index in [1.165, 1.54) is 0 Å². The number of likely N-dealkylation sites (N-methyl/N-ethyl adjacent to an activating group) is 1. The van der Waals surface area contributed by atoms with Gasteiger partial charge in [0.1, 0.15) is 0 Å². The molecule has 1 aromatic carbocycles. The van der Waals surface area contributed by atoms with Crippen molar-refractivity contribution >= 4 is 5.91 Å². The third-order valence-corrected chi connectivity index (χ3v) is 2.82. The molecule has 1 amide bonds. The Hall–Kier alpha value is -1.61. The van der Waals surface area contributed by atoms with Gasteiger partial charge in [0.25, 0.3) is 0 Å². The monoisotopic (exact) mass is 232 g/mol. The van der Waals surface area contributed by atoms with Crippen molar-refractivity contribution in [2.75, 3.05) is 20.1 Å². The maximum atomic E-state index is 11.9. The van der Waals surface area contributed by atoms with Crippen LogP contribution in [0.3, 0.4) is 0 Å². The van der Waals surface area contributed by atoms with Gasteiger partial charge in [-0.3, -0.25) is 4.79 Å². The molecule has 0 saturated heterocycles. The number of hydrogen-bond donors (Lipinski definition) is 1. The van der Waals surface area contributed by atoms with Crippen LogP contribution in [0.1, 0.15) is 18.5 Å². The van der Waals surface area contributed by atoms with Crippen LogP contribution in [0.4, 0.5) is 0 Å². The Bertz CT molecular complexity index is 362. The highest BCUT2D eigenvalue weighted by Crippen LogP contribution is 2.17. The molecule has 1 rings (SSSR count). The number of benzene rings is 1. The van der Waals surface area contributed by atoms with Gasteiger partial charge in [-0.25, -0.2) is 0 Å². The van der Waals surface area contributed by atoms with Gasteiger partial charge in [0.05, 0.1) is 12.6 Å². The fourth-order valence-electron chi connectivity index (χ4n) is 1.58. The van der Waals surface area contributed by atoms with Crippen LogP contribution in [-0.2, 0) is 4.79 Å². The zero-order valence-corrected chi connectivity index (χ0v) is 10.5. The summed E-state index contributed by atoms with van der Waals surface area (Å²) < 4.78 is 0. The van der Waals surface area contributed by atoms with Crippen molar-refractivity contribution < 1.29 is 4.79 Å². The highest BCUT2D eigenvalue weighted by atomic mass is 16.2. The van der Waals surface area contributed by atoms with Gasteiger partial charge in [0.15, 0.2) is 0 Å². The molecule has 92 valence electrons. The lowest BCUT2D eigenvalue weighted by Gasteiger charge is -2.25. The van der Waals surface area contributed by atoms with E-state index in [1.807, 2.05) is 44.3 Å². The number of nitrogens with one attached hydrogen (secondary N) is 1. The minimum absolute atomic E-state index is 0.0863. The quantitative estimate of drug-likeness (QED) is 0.601. The van der Waals surface area contributed by atoms with E-state index in [0.29, 0.717) is 13.1 Å². The molecule has 1 N–H and O–H groups in total. The lowest BCUT2D eigenvalue weighted by atomic mass is 10.1. The van der Waals surface area contributed by atoms with Gasteiger partial charge in [-0.1, -0.05) is 36.4 Å². The van der Waals surface area contributed by atoms with Crippen molar-refractivity contribution in [3.63, 3.8) is 0 Å². The minimum atomic E-state index is 0.0863. The Morgan fingerprint density at radius 1 is 1.47 bits per heavy atom. The Morgan fingerprint density at radius 2 is 2.12 bits per heavy atom. The molecular weight excluding hydrogens is 212 g/mol. The second kappa shape index (κ2) is 6.86. The first-order valence-electron chi connectivity index (χ1n) is 5.79. The maximum absolute atomic E-state index is 11.9. The van der Waals surface area contributed by atoms with Crippen molar-refractivity contribution in [2.24, 2.45) is 0 Å².